The molecular formula is C18H19N3O5S. The van der Waals surface area contributed by atoms with Crippen LogP contribution in [0, 0.1) is 6.92 Å². The number of carbonyl (C=O) groups excluding carboxylic acids is 1. The molecule has 1 amide bonds. The highest BCUT2D eigenvalue weighted by atomic mass is 32.1. The van der Waals surface area contributed by atoms with Crippen molar-refractivity contribution in [1.29, 1.82) is 0 Å². The molecule has 142 valence electrons. The fourth-order valence-electron chi connectivity index (χ4n) is 3.00. The Labute approximate surface area is 159 Å². The number of benzene rings is 1. The first-order valence-electron chi connectivity index (χ1n) is 8.59. The van der Waals surface area contributed by atoms with Gasteiger partial charge in [-0.3, -0.25) is 4.79 Å². The van der Waals surface area contributed by atoms with E-state index in [2.05, 4.69) is 9.97 Å². The Morgan fingerprint density at radius 1 is 1.37 bits per heavy atom. The van der Waals surface area contributed by atoms with E-state index >= 15 is 0 Å². The maximum atomic E-state index is 12.5. The number of aromatic nitrogens is 2. The number of rotatable bonds is 4. The summed E-state index contributed by atoms with van der Waals surface area (Å²) in [5.41, 5.74) is 1.03. The molecule has 0 saturated carbocycles. The van der Waals surface area contributed by atoms with Gasteiger partial charge in [-0.05, 0) is 25.5 Å². The van der Waals surface area contributed by atoms with Gasteiger partial charge in [0.25, 0.3) is 5.91 Å². The summed E-state index contributed by atoms with van der Waals surface area (Å²) < 4.78 is 12.1. The van der Waals surface area contributed by atoms with Crippen molar-refractivity contribution in [2.75, 3.05) is 13.1 Å². The van der Waals surface area contributed by atoms with Gasteiger partial charge in [0.1, 0.15) is 12.0 Å². The number of carbonyl (C=O) groups is 1. The van der Waals surface area contributed by atoms with Gasteiger partial charge in [0.2, 0.25) is 5.89 Å². The average molecular weight is 389 g/mol. The second-order valence-corrected chi connectivity index (χ2v) is 7.69. The van der Waals surface area contributed by atoms with Crippen molar-refractivity contribution < 1.29 is 24.2 Å². The topological polar surface area (TPSA) is 109 Å². The Hall–Kier alpha value is -2.49. The third-order valence-electron chi connectivity index (χ3n) is 4.43. The van der Waals surface area contributed by atoms with E-state index in [1.807, 2.05) is 25.1 Å². The zero-order valence-corrected chi connectivity index (χ0v) is 15.5. The number of likely N-dealkylation sites (tertiary alicyclic amines) is 1. The number of aliphatic hydroxyl groups is 2. The standard InChI is InChI=1S/C18H19N3O5S/c1-10-19-12-6-11(2-3-16(12)27-10)25-9-17-20-13(8-26-17)18(24)21-5-4-14(22)15(23)7-21/h2-3,6,8,14-15,22-23H,4-5,7,9H2,1H3/t14-,15-/m1/s1. The van der Waals surface area contributed by atoms with E-state index in [9.17, 15) is 15.0 Å². The van der Waals surface area contributed by atoms with Crippen LogP contribution in [0.15, 0.2) is 28.9 Å². The van der Waals surface area contributed by atoms with Crippen LogP contribution in [0.4, 0.5) is 0 Å². The zero-order valence-electron chi connectivity index (χ0n) is 14.7. The Morgan fingerprint density at radius 3 is 3.04 bits per heavy atom. The summed E-state index contributed by atoms with van der Waals surface area (Å²) in [6.07, 6.45) is -0.124. The number of hydrogen-bond donors (Lipinski definition) is 2. The van der Waals surface area contributed by atoms with Gasteiger partial charge >= 0.3 is 0 Å². The Bertz CT molecular complexity index is 969. The Balaban J connectivity index is 1.39. The molecule has 0 bridgehead atoms. The minimum atomic E-state index is -0.943. The van der Waals surface area contributed by atoms with Crippen LogP contribution >= 0.6 is 11.3 Å². The predicted octanol–water partition coefficient (Wildman–Crippen LogP) is 1.74. The first-order valence-corrected chi connectivity index (χ1v) is 9.41. The number of thiazole rings is 1. The molecule has 2 N–H and O–H groups in total. The quantitative estimate of drug-likeness (QED) is 0.699. The van der Waals surface area contributed by atoms with Crippen molar-refractivity contribution in [3.63, 3.8) is 0 Å². The van der Waals surface area contributed by atoms with Crippen LogP contribution in [-0.4, -0.2) is 56.3 Å². The lowest BCUT2D eigenvalue weighted by Gasteiger charge is -2.32. The maximum absolute atomic E-state index is 12.5. The molecule has 3 aromatic rings. The molecule has 27 heavy (non-hydrogen) atoms. The molecule has 0 unspecified atom stereocenters. The molecule has 3 heterocycles. The summed E-state index contributed by atoms with van der Waals surface area (Å²) in [6, 6.07) is 5.67. The van der Waals surface area contributed by atoms with Gasteiger partial charge in [-0.15, -0.1) is 11.3 Å². The third-order valence-corrected chi connectivity index (χ3v) is 5.38. The van der Waals surface area contributed by atoms with Crippen LogP contribution in [0.25, 0.3) is 10.2 Å². The number of aryl methyl sites for hydroxylation is 1. The molecule has 2 atom stereocenters. The van der Waals surface area contributed by atoms with Crippen molar-refractivity contribution in [2.45, 2.75) is 32.2 Å². The molecule has 1 saturated heterocycles. The van der Waals surface area contributed by atoms with E-state index in [4.69, 9.17) is 9.15 Å². The van der Waals surface area contributed by atoms with Crippen LogP contribution in [0.5, 0.6) is 5.75 Å². The highest BCUT2D eigenvalue weighted by Gasteiger charge is 2.30. The summed E-state index contributed by atoms with van der Waals surface area (Å²) in [6.45, 7) is 2.48. The van der Waals surface area contributed by atoms with E-state index in [1.54, 1.807) is 11.3 Å². The number of ether oxygens (including phenoxy) is 1. The molecule has 4 rings (SSSR count). The molecule has 9 heteroatoms. The zero-order chi connectivity index (χ0) is 19.0. The fraction of sp³-hybridized carbons (Fsp3) is 0.389. The van der Waals surface area contributed by atoms with E-state index in [1.165, 1.54) is 11.2 Å². The molecule has 1 aromatic carbocycles. The number of amides is 1. The second kappa shape index (κ2) is 7.26. The van der Waals surface area contributed by atoms with E-state index in [-0.39, 0.29) is 30.6 Å². The molecule has 0 aliphatic carbocycles. The molecular weight excluding hydrogens is 370 g/mol. The largest absolute Gasteiger partial charge is 0.484 e. The molecule has 1 aliphatic rings. The number of β-amino-alcohol motifs (C(OH)–C–C–N with tert-alkyl or cyclic N) is 1. The average Bonchev–Trinajstić information content (AvgIpc) is 3.26. The lowest BCUT2D eigenvalue weighted by Crippen LogP contribution is -2.49. The number of oxazole rings is 1. The summed E-state index contributed by atoms with van der Waals surface area (Å²) in [4.78, 5) is 22.5. The third kappa shape index (κ3) is 3.80. The summed E-state index contributed by atoms with van der Waals surface area (Å²) in [5, 5.41) is 20.3. The minimum Gasteiger partial charge on any atom is -0.484 e. The van der Waals surface area contributed by atoms with Gasteiger partial charge in [0.15, 0.2) is 12.3 Å². The normalized spacial score (nSPS) is 20.2. The molecule has 0 radical (unpaired) electrons. The summed E-state index contributed by atoms with van der Waals surface area (Å²) in [7, 11) is 0. The van der Waals surface area contributed by atoms with Crippen LogP contribution in [0.1, 0.15) is 27.8 Å². The van der Waals surface area contributed by atoms with E-state index in [0.29, 0.717) is 18.7 Å². The lowest BCUT2D eigenvalue weighted by atomic mass is 10.0. The van der Waals surface area contributed by atoms with Crippen molar-refractivity contribution in [3.8, 4) is 5.75 Å². The first kappa shape index (κ1) is 17.9. The van der Waals surface area contributed by atoms with Crippen molar-refractivity contribution in [1.82, 2.24) is 14.9 Å². The highest BCUT2D eigenvalue weighted by Crippen LogP contribution is 2.26. The van der Waals surface area contributed by atoms with E-state index < -0.39 is 12.2 Å². The molecule has 1 aliphatic heterocycles. The van der Waals surface area contributed by atoms with Crippen LogP contribution < -0.4 is 4.74 Å². The van der Waals surface area contributed by atoms with Crippen molar-refractivity contribution >= 4 is 27.5 Å². The number of nitrogens with zero attached hydrogens (tertiary/aromatic N) is 3. The van der Waals surface area contributed by atoms with Gasteiger partial charge in [-0.1, -0.05) is 0 Å². The van der Waals surface area contributed by atoms with E-state index in [0.717, 1.165) is 15.2 Å². The maximum Gasteiger partial charge on any atom is 0.275 e. The SMILES string of the molecule is Cc1nc2cc(OCc3nc(C(=O)N4CC[C@@H](O)[C@H](O)C4)co3)ccc2s1. The van der Waals surface area contributed by atoms with Gasteiger partial charge < -0.3 is 24.3 Å². The molecule has 2 aromatic heterocycles. The highest BCUT2D eigenvalue weighted by molar-refractivity contribution is 7.18. The molecule has 8 nitrogen and oxygen atoms in total. The predicted molar refractivity (Wildman–Crippen MR) is 97.7 cm³/mol. The minimum absolute atomic E-state index is 0.0752. The fourth-order valence-corrected chi connectivity index (χ4v) is 3.81. The Morgan fingerprint density at radius 2 is 2.22 bits per heavy atom. The smallest absolute Gasteiger partial charge is 0.275 e. The monoisotopic (exact) mass is 389 g/mol. The lowest BCUT2D eigenvalue weighted by molar-refractivity contribution is -0.0323. The number of hydrogen-bond acceptors (Lipinski definition) is 8. The number of piperidine rings is 1. The van der Waals surface area contributed by atoms with Gasteiger partial charge in [-0.2, -0.15) is 0 Å². The van der Waals surface area contributed by atoms with Gasteiger partial charge in [0.05, 0.1) is 27.4 Å². The second-order valence-electron chi connectivity index (χ2n) is 6.45. The summed E-state index contributed by atoms with van der Waals surface area (Å²) in [5.74, 6) is 0.591. The van der Waals surface area contributed by atoms with Gasteiger partial charge in [0, 0.05) is 19.2 Å². The molecule has 1 fully saturated rings. The van der Waals surface area contributed by atoms with Crippen molar-refractivity contribution in [3.05, 3.63) is 41.1 Å². The first-order chi connectivity index (χ1) is 13.0. The van der Waals surface area contributed by atoms with Gasteiger partial charge in [-0.25, -0.2) is 9.97 Å². The summed E-state index contributed by atoms with van der Waals surface area (Å²) >= 11 is 1.62. The number of fused-ring (bicyclic) bond motifs is 1. The molecule has 0 spiro atoms. The van der Waals surface area contributed by atoms with Crippen molar-refractivity contribution in [2.24, 2.45) is 0 Å². The number of aliphatic hydroxyl groups excluding tert-OH is 2. The Kier molecular flexibility index (Phi) is 4.81. The van der Waals surface area contributed by atoms with Crippen LogP contribution in [0.3, 0.4) is 0 Å². The van der Waals surface area contributed by atoms with Crippen LogP contribution in [0.2, 0.25) is 0 Å². The van der Waals surface area contributed by atoms with Crippen LogP contribution in [-0.2, 0) is 6.61 Å².